The maximum Gasteiger partial charge on any atom is 0.408 e. The Hall–Kier alpha value is -9.23. The number of likely N-dealkylation sites (N-methyl/N-ethyl adjacent to an activating group) is 1. The summed E-state index contributed by atoms with van der Waals surface area (Å²) in [5.74, 6) is -6.44. The lowest BCUT2D eigenvalue weighted by Gasteiger charge is -2.30. The molecule has 0 saturated carbocycles. The van der Waals surface area contributed by atoms with E-state index in [-0.39, 0.29) is 107 Å². The predicted molar refractivity (Wildman–Crippen MR) is 346 cm³/mol. The molecule has 26 heteroatoms. The Kier molecular flexibility index (Phi) is 29.0. The van der Waals surface area contributed by atoms with Gasteiger partial charge in [-0.15, -0.1) is 12.4 Å². The quantitative estimate of drug-likeness (QED) is 0.0163. The van der Waals surface area contributed by atoms with Crippen molar-refractivity contribution >= 4 is 82.6 Å². The number of ether oxygens (including phenoxy) is 1. The zero-order valence-corrected chi connectivity index (χ0v) is 52.9. The first-order valence-electron chi connectivity index (χ1n) is 30.5. The number of para-hydroxylation sites is 1. The molecule has 0 aliphatic carbocycles. The number of phenolic OH excluding ortho intramolecular Hbond substituents is 1. The number of guanidine groups is 1. The highest BCUT2D eigenvalue weighted by atomic mass is 35.5. The van der Waals surface area contributed by atoms with Gasteiger partial charge >= 0.3 is 6.09 Å². The number of alkyl carbamates (subject to hydrolysis) is 1. The van der Waals surface area contributed by atoms with Gasteiger partial charge in [-0.2, -0.15) is 0 Å². The number of nitrogens with two attached hydrogens (primary N) is 2. The Balaban J connectivity index is 0.0000150. The molecule has 1 aromatic heterocycles. The number of carbonyl (C=O) groups is 9. The largest absolute Gasteiger partial charge is 0.508 e. The summed E-state index contributed by atoms with van der Waals surface area (Å²) in [4.78, 5) is 137. The van der Waals surface area contributed by atoms with Crippen LogP contribution in [0.2, 0.25) is 0 Å². The summed E-state index contributed by atoms with van der Waals surface area (Å²) in [7, 11) is 0. The minimum absolute atomic E-state index is 0. The minimum atomic E-state index is -1.74. The number of hydrogen-bond acceptors (Lipinski definition) is 13. The van der Waals surface area contributed by atoms with E-state index in [0.717, 1.165) is 16.5 Å². The molecule has 492 valence electrons. The molecular weight excluding hydrogens is 1190 g/mol. The van der Waals surface area contributed by atoms with Gasteiger partial charge in [0.15, 0.2) is 5.96 Å². The van der Waals surface area contributed by atoms with Crippen molar-refractivity contribution in [2.75, 3.05) is 26.2 Å². The molecule has 0 bridgehead atoms. The van der Waals surface area contributed by atoms with Gasteiger partial charge in [-0.25, -0.2) is 4.79 Å². The van der Waals surface area contributed by atoms with Crippen LogP contribution in [0.3, 0.4) is 0 Å². The molecule has 4 aromatic carbocycles. The van der Waals surface area contributed by atoms with Crippen LogP contribution in [-0.4, -0.2) is 154 Å². The van der Waals surface area contributed by atoms with Crippen molar-refractivity contribution in [3.8, 4) is 5.75 Å². The van der Waals surface area contributed by atoms with Crippen LogP contribution in [-0.2, 0) is 69.0 Å². The van der Waals surface area contributed by atoms with Crippen molar-refractivity contribution in [3.63, 3.8) is 0 Å². The number of benzene rings is 4. The number of amides is 9. The molecule has 2 heterocycles. The van der Waals surface area contributed by atoms with E-state index >= 15 is 0 Å². The van der Waals surface area contributed by atoms with Gasteiger partial charge in [0.05, 0.1) is 6.61 Å². The number of aromatic nitrogens is 1. The molecule has 0 radical (unpaired) electrons. The van der Waals surface area contributed by atoms with Crippen LogP contribution in [0, 0.1) is 11.8 Å². The molecule has 9 amide bonds. The van der Waals surface area contributed by atoms with E-state index in [1.54, 1.807) is 73.8 Å². The average Bonchev–Trinajstić information content (AvgIpc) is 2.14. The monoisotopic (exact) mass is 1280 g/mol. The highest BCUT2D eigenvalue weighted by Crippen LogP contribution is 2.22. The van der Waals surface area contributed by atoms with Crippen molar-refractivity contribution in [2.45, 2.75) is 147 Å². The molecule has 8 atom stereocenters. The number of rotatable bonds is 33. The molecule has 0 spiro atoms. The number of carbonyl (C=O) groups excluding carboxylic acids is 9. The van der Waals surface area contributed by atoms with E-state index in [2.05, 4.69) is 52.5 Å². The third-order valence-corrected chi connectivity index (χ3v) is 15.1. The number of nitrogens with one attached hydrogen (secondary N) is 9. The standard InChI is InChI=1S/C65H87N13O12.ClH/c1-6-68-62(87)55-24-16-30-78(55)63(88)48(23-15-29-69-64(66)67)71-56(81)49(31-39(2)3)72-58(83)51(33-41-17-9-7-10-18-41)73-59(84)52(34-42-25-27-45(80)28-26-42)74-61(86)54(37-79)76-60(85)53(35-44-36-70-47-22-14-13-21-46(44)47)75-57(82)50(32-40(4)5)77-65(89)90-38-43-19-11-8-12-20-43;/h7-14,17-22,25-28,36,39-40,48-55,70,79-80H,6,15-16,23-24,29-35,37-38H2,1-5H3,(H,68,87)(H,71,81)(H,72,83)(H,73,84)(H,74,86)(H,75,82)(H,76,85)(H,77,89)(H4,66,67,69);1H/t48-,49-,50-,51+,52-,53-,54-,55-;/m0./s1. The SMILES string of the molecule is CCNC(=O)[C@@H]1CCCN1C(=O)[C@H](CCCN=C(N)N)NC(=O)[C@H](CC(C)C)NC(=O)[C@@H](Cc1ccccc1)NC(=O)[C@H](Cc1ccc(O)cc1)NC(=O)[C@H](CO)NC(=O)[C@H](Cc1c[nH]c2ccccc12)NC(=O)[C@H](CC(C)C)NC(=O)OCc1ccccc1.Cl. The van der Waals surface area contributed by atoms with E-state index < -0.39 is 102 Å². The number of aliphatic imine (C=N–C) groups is 1. The lowest BCUT2D eigenvalue weighted by molar-refractivity contribution is -0.142. The van der Waals surface area contributed by atoms with Crippen molar-refractivity contribution < 1.29 is 58.1 Å². The number of aliphatic hydroxyl groups excluding tert-OH is 1. The number of hydrogen-bond donors (Lipinski definition) is 13. The molecule has 91 heavy (non-hydrogen) atoms. The van der Waals surface area contributed by atoms with Gasteiger partial charge in [0.25, 0.3) is 0 Å². The first-order chi connectivity index (χ1) is 43.1. The number of phenols is 1. The van der Waals surface area contributed by atoms with Crippen molar-refractivity contribution in [2.24, 2.45) is 28.3 Å². The van der Waals surface area contributed by atoms with Gasteiger partial charge < -0.3 is 78.8 Å². The summed E-state index contributed by atoms with van der Waals surface area (Å²) < 4.78 is 5.43. The molecular formula is C65H88ClN13O12. The summed E-state index contributed by atoms with van der Waals surface area (Å²) in [6, 6.07) is 20.3. The van der Waals surface area contributed by atoms with E-state index in [1.165, 1.54) is 29.2 Å². The van der Waals surface area contributed by atoms with E-state index in [4.69, 9.17) is 16.2 Å². The maximum atomic E-state index is 14.9. The number of halogens is 1. The van der Waals surface area contributed by atoms with E-state index in [0.29, 0.717) is 36.1 Å². The number of aromatic hydroxyl groups is 1. The smallest absolute Gasteiger partial charge is 0.408 e. The van der Waals surface area contributed by atoms with Crippen LogP contribution < -0.4 is 54.0 Å². The zero-order chi connectivity index (χ0) is 65.3. The summed E-state index contributed by atoms with van der Waals surface area (Å²) in [5, 5.41) is 43.6. The number of aliphatic hydroxyl groups is 1. The van der Waals surface area contributed by atoms with Gasteiger partial charge in [0.2, 0.25) is 47.3 Å². The summed E-state index contributed by atoms with van der Waals surface area (Å²) >= 11 is 0. The van der Waals surface area contributed by atoms with Gasteiger partial charge in [-0.05, 0) is 97.7 Å². The lowest BCUT2D eigenvalue weighted by atomic mass is 9.99. The fourth-order valence-corrected chi connectivity index (χ4v) is 10.6. The average molecular weight is 1280 g/mol. The van der Waals surface area contributed by atoms with Crippen LogP contribution in [0.15, 0.2) is 120 Å². The molecule has 1 aliphatic heterocycles. The second-order valence-corrected chi connectivity index (χ2v) is 23.2. The summed E-state index contributed by atoms with van der Waals surface area (Å²) in [6.45, 7) is 8.86. The molecule has 15 N–H and O–H groups in total. The van der Waals surface area contributed by atoms with Crippen LogP contribution >= 0.6 is 12.4 Å². The minimum Gasteiger partial charge on any atom is -0.508 e. The van der Waals surface area contributed by atoms with Crippen LogP contribution in [0.4, 0.5) is 4.79 Å². The highest BCUT2D eigenvalue weighted by Gasteiger charge is 2.39. The molecule has 1 saturated heterocycles. The molecule has 5 aromatic rings. The van der Waals surface area contributed by atoms with E-state index in [1.807, 2.05) is 52.0 Å². The van der Waals surface area contributed by atoms with Crippen LogP contribution in [0.1, 0.15) is 95.4 Å². The van der Waals surface area contributed by atoms with Crippen molar-refractivity contribution in [1.82, 2.24) is 52.4 Å². The third kappa shape index (κ3) is 23.0. The fourth-order valence-electron chi connectivity index (χ4n) is 10.6. The number of aromatic amines is 1. The number of fused-ring (bicyclic) bond motifs is 1. The maximum absolute atomic E-state index is 14.9. The number of H-pyrrole nitrogens is 1. The molecule has 6 rings (SSSR count). The first kappa shape index (κ1) is 72.5. The molecule has 1 fully saturated rings. The Morgan fingerprint density at radius 2 is 1.10 bits per heavy atom. The van der Waals surface area contributed by atoms with Gasteiger partial charge in [-0.1, -0.05) is 119 Å². The van der Waals surface area contributed by atoms with E-state index in [9.17, 15) is 53.4 Å². The second-order valence-electron chi connectivity index (χ2n) is 23.2. The highest BCUT2D eigenvalue weighted by molar-refractivity contribution is 5.99. The lowest BCUT2D eigenvalue weighted by Crippen LogP contribution is -2.61. The molecule has 0 unspecified atom stereocenters. The van der Waals surface area contributed by atoms with Crippen molar-refractivity contribution in [3.05, 3.63) is 138 Å². The Morgan fingerprint density at radius 1 is 0.615 bits per heavy atom. The Morgan fingerprint density at radius 3 is 1.66 bits per heavy atom. The van der Waals surface area contributed by atoms with Crippen molar-refractivity contribution in [1.29, 1.82) is 0 Å². The normalized spacial score (nSPS) is 15.0. The second kappa shape index (κ2) is 36.4. The van der Waals surface area contributed by atoms with Crippen LogP contribution in [0.25, 0.3) is 10.9 Å². The Bertz CT molecular complexity index is 3240. The van der Waals surface area contributed by atoms with Gasteiger partial charge in [0, 0.05) is 56.0 Å². The van der Waals surface area contributed by atoms with Gasteiger partial charge in [0.1, 0.15) is 60.7 Å². The molecule has 1 aliphatic rings. The topological polar surface area (TPSA) is 383 Å². The summed E-state index contributed by atoms with van der Waals surface area (Å²) in [6.07, 6.45) is 1.90. The third-order valence-electron chi connectivity index (χ3n) is 15.1. The first-order valence-corrected chi connectivity index (χ1v) is 30.5. The van der Waals surface area contributed by atoms with Gasteiger partial charge in [-0.3, -0.25) is 43.3 Å². The molecule has 25 nitrogen and oxygen atoms in total. The Labute approximate surface area is 536 Å². The zero-order valence-electron chi connectivity index (χ0n) is 52.1. The summed E-state index contributed by atoms with van der Waals surface area (Å²) in [5.41, 5.74) is 14.3. The predicted octanol–water partition coefficient (Wildman–Crippen LogP) is 2.79. The number of likely N-dealkylation sites (tertiary alicyclic amines) is 1. The number of nitrogens with zero attached hydrogens (tertiary/aromatic N) is 2. The van der Waals surface area contributed by atoms with Crippen LogP contribution in [0.5, 0.6) is 5.75 Å². The fraction of sp³-hybridized carbons (Fsp3) is 0.446.